The number of rotatable bonds is 5. The molecule has 2 aliphatic rings. The SMILES string of the molecule is O=C1NCCn2nc(COc3ccccc3)c(CC3CC3)c21. The van der Waals surface area contributed by atoms with E-state index >= 15 is 0 Å². The Labute approximate surface area is 129 Å². The molecule has 5 nitrogen and oxygen atoms in total. The Hall–Kier alpha value is -2.30. The molecule has 1 saturated carbocycles. The molecule has 0 unspecified atom stereocenters. The predicted octanol–water partition coefficient (Wildman–Crippen LogP) is 2.16. The molecular weight excluding hydrogens is 278 g/mol. The molecule has 5 heteroatoms. The van der Waals surface area contributed by atoms with Gasteiger partial charge in [0.15, 0.2) is 0 Å². The summed E-state index contributed by atoms with van der Waals surface area (Å²) < 4.78 is 7.69. The molecule has 2 aromatic rings. The van der Waals surface area contributed by atoms with Gasteiger partial charge in [-0.05, 0) is 37.3 Å². The fourth-order valence-corrected chi connectivity index (χ4v) is 2.93. The smallest absolute Gasteiger partial charge is 0.269 e. The fourth-order valence-electron chi connectivity index (χ4n) is 2.93. The monoisotopic (exact) mass is 297 g/mol. The van der Waals surface area contributed by atoms with Crippen LogP contribution in [0.15, 0.2) is 30.3 Å². The molecule has 2 heterocycles. The topological polar surface area (TPSA) is 56.2 Å². The van der Waals surface area contributed by atoms with Crippen molar-refractivity contribution < 1.29 is 9.53 Å². The van der Waals surface area contributed by atoms with Gasteiger partial charge in [0.05, 0.1) is 6.54 Å². The molecule has 1 fully saturated rings. The number of hydrogen-bond donors (Lipinski definition) is 1. The first-order valence-corrected chi connectivity index (χ1v) is 7.86. The fraction of sp³-hybridized carbons (Fsp3) is 0.412. The summed E-state index contributed by atoms with van der Waals surface area (Å²) in [4.78, 5) is 12.2. The number of ether oxygens (including phenoxy) is 1. The van der Waals surface area contributed by atoms with Crippen LogP contribution < -0.4 is 10.1 Å². The van der Waals surface area contributed by atoms with E-state index in [0.717, 1.165) is 35.7 Å². The molecule has 0 radical (unpaired) electrons. The molecule has 114 valence electrons. The quantitative estimate of drug-likeness (QED) is 0.920. The summed E-state index contributed by atoms with van der Waals surface area (Å²) in [5.41, 5.74) is 2.73. The van der Waals surface area contributed by atoms with E-state index in [1.807, 2.05) is 35.0 Å². The Morgan fingerprint density at radius 1 is 1.27 bits per heavy atom. The second-order valence-electron chi connectivity index (χ2n) is 6.00. The summed E-state index contributed by atoms with van der Waals surface area (Å²) in [6.45, 7) is 1.80. The summed E-state index contributed by atoms with van der Waals surface area (Å²) in [6.07, 6.45) is 3.45. The Morgan fingerprint density at radius 3 is 2.86 bits per heavy atom. The highest BCUT2D eigenvalue weighted by Crippen LogP contribution is 2.35. The maximum Gasteiger partial charge on any atom is 0.269 e. The van der Waals surface area contributed by atoms with Crippen molar-refractivity contribution in [3.63, 3.8) is 0 Å². The van der Waals surface area contributed by atoms with Crippen molar-refractivity contribution in [2.45, 2.75) is 32.4 Å². The molecule has 1 aromatic carbocycles. The zero-order valence-electron chi connectivity index (χ0n) is 12.4. The number of carbonyl (C=O) groups excluding carboxylic acids is 1. The van der Waals surface area contributed by atoms with Crippen molar-refractivity contribution in [2.24, 2.45) is 5.92 Å². The van der Waals surface area contributed by atoms with E-state index in [1.54, 1.807) is 0 Å². The van der Waals surface area contributed by atoms with Gasteiger partial charge >= 0.3 is 0 Å². The van der Waals surface area contributed by atoms with Crippen LogP contribution in [0.25, 0.3) is 0 Å². The van der Waals surface area contributed by atoms with E-state index in [9.17, 15) is 4.79 Å². The van der Waals surface area contributed by atoms with Gasteiger partial charge in [0.1, 0.15) is 23.7 Å². The average Bonchev–Trinajstić information content (AvgIpc) is 3.28. The lowest BCUT2D eigenvalue weighted by Gasteiger charge is -2.15. The van der Waals surface area contributed by atoms with Crippen LogP contribution in [-0.2, 0) is 19.6 Å². The number of benzene rings is 1. The molecular formula is C17H19N3O2. The van der Waals surface area contributed by atoms with Crippen LogP contribution in [-0.4, -0.2) is 22.2 Å². The standard InChI is InChI=1S/C17H19N3O2/c21-17-16-14(10-12-6-7-12)15(19-20(16)9-8-18-17)11-22-13-4-2-1-3-5-13/h1-5,12H,6-11H2,(H,18,21). The number of hydrogen-bond acceptors (Lipinski definition) is 3. The van der Waals surface area contributed by atoms with E-state index in [4.69, 9.17) is 4.74 Å². The van der Waals surface area contributed by atoms with Crippen molar-refractivity contribution in [3.8, 4) is 5.75 Å². The van der Waals surface area contributed by atoms with Crippen molar-refractivity contribution in [3.05, 3.63) is 47.3 Å². The number of nitrogens with zero attached hydrogens (tertiary/aromatic N) is 2. The first kappa shape index (κ1) is 13.4. The van der Waals surface area contributed by atoms with Crippen molar-refractivity contribution in [1.29, 1.82) is 0 Å². The number of amides is 1. The molecule has 4 rings (SSSR count). The molecule has 0 spiro atoms. The first-order valence-electron chi connectivity index (χ1n) is 7.86. The van der Waals surface area contributed by atoms with Crippen molar-refractivity contribution in [2.75, 3.05) is 6.54 Å². The van der Waals surface area contributed by atoms with Gasteiger partial charge in [-0.15, -0.1) is 0 Å². The van der Waals surface area contributed by atoms with Crippen LogP contribution in [0.1, 0.15) is 34.6 Å². The molecule has 0 saturated heterocycles. The third kappa shape index (κ3) is 2.58. The van der Waals surface area contributed by atoms with Gasteiger partial charge in [-0.1, -0.05) is 18.2 Å². The summed E-state index contributed by atoms with van der Waals surface area (Å²) >= 11 is 0. The third-order valence-electron chi connectivity index (χ3n) is 4.27. The molecule has 1 aliphatic carbocycles. The lowest BCUT2D eigenvalue weighted by Crippen LogP contribution is -2.36. The summed E-state index contributed by atoms with van der Waals surface area (Å²) in [7, 11) is 0. The number of fused-ring (bicyclic) bond motifs is 1. The molecule has 1 aliphatic heterocycles. The van der Waals surface area contributed by atoms with Gasteiger partial charge in [-0.25, -0.2) is 0 Å². The van der Waals surface area contributed by atoms with Crippen LogP contribution in [0.2, 0.25) is 0 Å². The number of carbonyl (C=O) groups is 1. The number of nitrogens with one attached hydrogen (secondary N) is 1. The Morgan fingerprint density at radius 2 is 2.09 bits per heavy atom. The Bertz CT molecular complexity index is 689. The van der Waals surface area contributed by atoms with Crippen LogP contribution in [0.4, 0.5) is 0 Å². The minimum atomic E-state index is 0.000334. The second-order valence-corrected chi connectivity index (χ2v) is 6.00. The van der Waals surface area contributed by atoms with E-state index in [1.165, 1.54) is 12.8 Å². The minimum Gasteiger partial charge on any atom is -0.487 e. The highest BCUT2D eigenvalue weighted by atomic mass is 16.5. The van der Waals surface area contributed by atoms with E-state index < -0.39 is 0 Å². The molecule has 1 amide bonds. The maximum absolute atomic E-state index is 12.2. The van der Waals surface area contributed by atoms with Crippen LogP contribution in [0.3, 0.4) is 0 Å². The second kappa shape index (κ2) is 5.48. The van der Waals surface area contributed by atoms with E-state index in [2.05, 4.69) is 10.4 Å². The average molecular weight is 297 g/mol. The summed E-state index contributed by atoms with van der Waals surface area (Å²) in [5, 5.41) is 7.55. The van der Waals surface area contributed by atoms with Crippen LogP contribution in [0, 0.1) is 5.92 Å². The van der Waals surface area contributed by atoms with Crippen LogP contribution >= 0.6 is 0 Å². The number of aromatic nitrogens is 2. The molecule has 0 bridgehead atoms. The van der Waals surface area contributed by atoms with E-state index in [0.29, 0.717) is 19.1 Å². The van der Waals surface area contributed by atoms with Crippen molar-refractivity contribution in [1.82, 2.24) is 15.1 Å². The third-order valence-corrected chi connectivity index (χ3v) is 4.27. The predicted molar refractivity (Wildman–Crippen MR) is 81.8 cm³/mol. The van der Waals surface area contributed by atoms with Crippen LogP contribution in [0.5, 0.6) is 5.75 Å². The molecule has 0 atom stereocenters. The Kier molecular flexibility index (Phi) is 3.33. The Balaban J connectivity index is 1.61. The number of para-hydroxylation sites is 1. The lowest BCUT2D eigenvalue weighted by molar-refractivity contribution is 0.0923. The summed E-state index contributed by atoms with van der Waals surface area (Å²) in [6, 6.07) is 9.73. The van der Waals surface area contributed by atoms with Gasteiger partial charge < -0.3 is 10.1 Å². The zero-order valence-corrected chi connectivity index (χ0v) is 12.4. The van der Waals surface area contributed by atoms with E-state index in [-0.39, 0.29) is 5.91 Å². The van der Waals surface area contributed by atoms with Gasteiger partial charge in [-0.3, -0.25) is 9.48 Å². The zero-order chi connectivity index (χ0) is 14.9. The largest absolute Gasteiger partial charge is 0.487 e. The molecule has 1 aromatic heterocycles. The minimum absolute atomic E-state index is 0.000334. The highest BCUT2D eigenvalue weighted by Gasteiger charge is 2.31. The lowest BCUT2D eigenvalue weighted by atomic mass is 10.0. The summed E-state index contributed by atoms with van der Waals surface area (Å²) in [5.74, 6) is 1.54. The van der Waals surface area contributed by atoms with Gasteiger partial charge in [0.2, 0.25) is 0 Å². The van der Waals surface area contributed by atoms with Gasteiger partial charge in [0, 0.05) is 12.1 Å². The normalized spacial score (nSPS) is 17.0. The van der Waals surface area contributed by atoms with Gasteiger partial charge in [-0.2, -0.15) is 5.10 Å². The maximum atomic E-state index is 12.2. The molecule has 22 heavy (non-hydrogen) atoms. The van der Waals surface area contributed by atoms with Gasteiger partial charge in [0.25, 0.3) is 5.91 Å². The molecule has 1 N–H and O–H groups in total. The highest BCUT2D eigenvalue weighted by molar-refractivity contribution is 5.94. The van der Waals surface area contributed by atoms with Crippen molar-refractivity contribution >= 4 is 5.91 Å². The first-order chi connectivity index (χ1) is 10.8.